The summed E-state index contributed by atoms with van der Waals surface area (Å²) < 4.78 is 28.8. The highest BCUT2D eigenvalue weighted by molar-refractivity contribution is 5.90. The minimum Gasteiger partial charge on any atom is -0.324 e. The molecule has 0 unspecified atom stereocenters. The Labute approximate surface area is 170 Å². The summed E-state index contributed by atoms with van der Waals surface area (Å²) in [5, 5.41) is 21.7. The van der Waals surface area contributed by atoms with Crippen LogP contribution in [0.15, 0.2) is 30.3 Å². The summed E-state index contributed by atoms with van der Waals surface area (Å²) in [6.07, 6.45) is -3.11. The van der Waals surface area contributed by atoms with Crippen LogP contribution in [0.4, 0.5) is 20.2 Å². The van der Waals surface area contributed by atoms with Crippen LogP contribution < -0.4 is 5.32 Å². The summed E-state index contributed by atoms with van der Waals surface area (Å²) in [5.41, 5.74) is 1.50. The molecule has 0 aliphatic rings. The summed E-state index contributed by atoms with van der Waals surface area (Å²) in [6, 6.07) is 9.09. The van der Waals surface area contributed by atoms with Gasteiger partial charge in [0, 0.05) is 11.4 Å². The zero-order chi connectivity index (χ0) is 22.0. The maximum absolute atomic E-state index is 13.0. The molecule has 9 nitrogen and oxygen atoms in total. The number of halogens is 2. The van der Waals surface area contributed by atoms with Gasteiger partial charge in [0.15, 0.2) is 0 Å². The second-order valence-electron chi connectivity index (χ2n) is 6.87. The molecule has 11 heteroatoms. The number of carbonyl (C=O) groups is 1. The minimum absolute atomic E-state index is 0.108. The lowest BCUT2D eigenvalue weighted by molar-refractivity contribution is -0.386. The van der Waals surface area contributed by atoms with Crippen LogP contribution in [-0.2, 0) is 17.9 Å². The predicted molar refractivity (Wildman–Crippen MR) is 104 cm³/mol. The maximum atomic E-state index is 13.0. The monoisotopic (exact) mass is 418 g/mol. The van der Waals surface area contributed by atoms with E-state index >= 15 is 0 Å². The molecular formula is C19H20F2N6O3. The number of nitrogens with zero attached hydrogens (tertiary/aromatic N) is 5. The van der Waals surface area contributed by atoms with E-state index in [1.165, 1.54) is 6.92 Å². The molecule has 0 aliphatic heterocycles. The first kappa shape index (κ1) is 21.1. The van der Waals surface area contributed by atoms with E-state index in [9.17, 15) is 23.7 Å². The maximum Gasteiger partial charge on any atom is 0.319 e. The van der Waals surface area contributed by atoms with Crippen molar-refractivity contribution in [2.24, 2.45) is 0 Å². The van der Waals surface area contributed by atoms with E-state index in [1.807, 2.05) is 30.7 Å². The van der Waals surface area contributed by atoms with Gasteiger partial charge < -0.3 is 5.32 Å². The summed E-state index contributed by atoms with van der Waals surface area (Å²) in [5.74, 6) is -0.542. The number of anilines is 1. The Morgan fingerprint density at radius 2 is 1.93 bits per heavy atom. The molecule has 0 fully saturated rings. The number of alkyl halides is 2. The standard InChI is InChI=1S/C19H20F2N6O3/c1-11-7-12(2)25(23-11)9-14-5-4-6-15(8-14)22-16(28)10-26-13(3)18(27(29)30)17(24-26)19(20)21/h4-8,19H,9-10H2,1-3H3,(H,22,28). The van der Waals surface area contributed by atoms with Crippen molar-refractivity contribution in [2.75, 3.05) is 5.32 Å². The molecule has 1 amide bonds. The summed E-state index contributed by atoms with van der Waals surface area (Å²) in [7, 11) is 0. The van der Waals surface area contributed by atoms with E-state index in [0.29, 0.717) is 12.2 Å². The van der Waals surface area contributed by atoms with Crippen molar-refractivity contribution in [2.45, 2.75) is 40.3 Å². The molecule has 0 bridgehead atoms. The molecule has 0 aliphatic carbocycles. The molecule has 2 heterocycles. The second kappa shape index (κ2) is 8.39. The SMILES string of the molecule is Cc1cc(C)n(Cc2cccc(NC(=O)Cn3nc(C(F)F)c([N+](=O)[O-])c3C)c2)n1. The highest BCUT2D eigenvalue weighted by Crippen LogP contribution is 2.30. The van der Waals surface area contributed by atoms with Crippen LogP contribution >= 0.6 is 0 Å². The van der Waals surface area contributed by atoms with Crippen molar-refractivity contribution in [3.05, 3.63) is 68.8 Å². The third-order valence-electron chi connectivity index (χ3n) is 4.53. The molecule has 3 rings (SSSR count). The van der Waals surface area contributed by atoms with Gasteiger partial charge >= 0.3 is 5.69 Å². The number of aryl methyl sites for hydroxylation is 2. The highest BCUT2D eigenvalue weighted by Gasteiger charge is 2.31. The van der Waals surface area contributed by atoms with E-state index in [4.69, 9.17) is 0 Å². The van der Waals surface area contributed by atoms with Gasteiger partial charge in [-0.15, -0.1) is 0 Å². The number of nitrogens with one attached hydrogen (secondary N) is 1. The van der Waals surface area contributed by atoms with Gasteiger partial charge in [0.1, 0.15) is 12.2 Å². The molecule has 0 atom stereocenters. The average Bonchev–Trinajstić information content (AvgIpc) is 3.14. The minimum atomic E-state index is -3.11. The largest absolute Gasteiger partial charge is 0.324 e. The summed E-state index contributed by atoms with van der Waals surface area (Å²) in [6.45, 7) is 5.22. The fraction of sp³-hybridized carbons (Fsp3) is 0.316. The van der Waals surface area contributed by atoms with Crippen LogP contribution in [0, 0.1) is 30.9 Å². The molecule has 1 N–H and O–H groups in total. The topological polar surface area (TPSA) is 108 Å². The van der Waals surface area contributed by atoms with E-state index in [1.54, 1.807) is 18.2 Å². The number of hydrogen-bond donors (Lipinski definition) is 1. The van der Waals surface area contributed by atoms with Gasteiger partial charge in [-0.1, -0.05) is 12.1 Å². The first-order valence-electron chi connectivity index (χ1n) is 9.05. The van der Waals surface area contributed by atoms with Crippen molar-refractivity contribution in [3.63, 3.8) is 0 Å². The first-order chi connectivity index (χ1) is 14.2. The Balaban J connectivity index is 1.73. The Morgan fingerprint density at radius 3 is 2.50 bits per heavy atom. The van der Waals surface area contributed by atoms with Crippen LogP contribution in [0.25, 0.3) is 0 Å². The lowest BCUT2D eigenvalue weighted by Gasteiger charge is -2.09. The molecular weight excluding hydrogens is 398 g/mol. The van der Waals surface area contributed by atoms with E-state index in [0.717, 1.165) is 21.6 Å². The van der Waals surface area contributed by atoms with Gasteiger partial charge in [0.2, 0.25) is 11.6 Å². The van der Waals surface area contributed by atoms with Crippen LogP contribution in [0.1, 0.15) is 34.8 Å². The van der Waals surface area contributed by atoms with Crippen molar-refractivity contribution in [3.8, 4) is 0 Å². The van der Waals surface area contributed by atoms with Gasteiger partial charge in [-0.2, -0.15) is 10.2 Å². The number of benzene rings is 1. The average molecular weight is 418 g/mol. The zero-order valence-corrected chi connectivity index (χ0v) is 16.6. The van der Waals surface area contributed by atoms with Gasteiger partial charge in [0.05, 0.1) is 17.2 Å². The van der Waals surface area contributed by atoms with Crippen LogP contribution in [0.2, 0.25) is 0 Å². The first-order valence-corrected chi connectivity index (χ1v) is 9.05. The van der Waals surface area contributed by atoms with Gasteiger partial charge in [0.25, 0.3) is 6.43 Å². The predicted octanol–water partition coefficient (Wildman–Crippen LogP) is 3.54. The van der Waals surface area contributed by atoms with Crippen molar-refractivity contribution in [1.82, 2.24) is 19.6 Å². The molecule has 0 spiro atoms. The zero-order valence-electron chi connectivity index (χ0n) is 16.6. The molecule has 0 radical (unpaired) electrons. The fourth-order valence-corrected chi connectivity index (χ4v) is 3.18. The lowest BCUT2D eigenvalue weighted by atomic mass is 10.2. The number of rotatable bonds is 7. The van der Waals surface area contributed by atoms with Gasteiger partial charge in [-0.3, -0.25) is 24.3 Å². The fourth-order valence-electron chi connectivity index (χ4n) is 3.18. The lowest BCUT2D eigenvalue weighted by Crippen LogP contribution is -2.20. The van der Waals surface area contributed by atoms with Crippen LogP contribution in [0.5, 0.6) is 0 Å². The summed E-state index contributed by atoms with van der Waals surface area (Å²) in [4.78, 5) is 22.5. The number of aromatic nitrogens is 4. The second-order valence-corrected chi connectivity index (χ2v) is 6.87. The Kier molecular flexibility index (Phi) is 5.90. The third kappa shape index (κ3) is 4.50. The molecule has 1 aromatic carbocycles. The van der Waals surface area contributed by atoms with Gasteiger partial charge in [-0.25, -0.2) is 8.78 Å². The highest BCUT2D eigenvalue weighted by atomic mass is 19.3. The van der Waals surface area contributed by atoms with Crippen molar-refractivity contribution < 1.29 is 18.5 Å². The number of hydrogen-bond acceptors (Lipinski definition) is 5. The number of amides is 1. The molecule has 3 aromatic rings. The normalized spacial score (nSPS) is 11.1. The van der Waals surface area contributed by atoms with E-state index in [2.05, 4.69) is 15.5 Å². The number of carbonyl (C=O) groups excluding carboxylic acids is 1. The quantitative estimate of drug-likeness (QED) is 0.466. The summed E-state index contributed by atoms with van der Waals surface area (Å²) >= 11 is 0. The van der Waals surface area contributed by atoms with E-state index in [-0.39, 0.29) is 5.69 Å². The Hall–Kier alpha value is -3.63. The Bertz CT molecular complexity index is 1110. The van der Waals surface area contributed by atoms with Crippen LogP contribution in [-0.4, -0.2) is 30.4 Å². The van der Waals surface area contributed by atoms with Crippen LogP contribution in [0.3, 0.4) is 0 Å². The van der Waals surface area contributed by atoms with Gasteiger partial charge in [-0.05, 0) is 44.5 Å². The Morgan fingerprint density at radius 1 is 1.20 bits per heavy atom. The molecule has 30 heavy (non-hydrogen) atoms. The third-order valence-corrected chi connectivity index (χ3v) is 4.53. The molecule has 0 saturated carbocycles. The number of nitro groups is 1. The van der Waals surface area contributed by atoms with Crippen molar-refractivity contribution >= 4 is 17.3 Å². The molecule has 0 saturated heterocycles. The smallest absolute Gasteiger partial charge is 0.319 e. The molecule has 2 aromatic heterocycles. The van der Waals surface area contributed by atoms with Crippen molar-refractivity contribution in [1.29, 1.82) is 0 Å². The van der Waals surface area contributed by atoms with E-state index < -0.39 is 35.2 Å². The molecule has 158 valence electrons.